The molecule has 0 heterocycles. The summed E-state index contributed by atoms with van der Waals surface area (Å²) in [4.78, 5) is 0. The van der Waals surface area contributed by atoms with Crippen LogP contribution in [-0.2, 0) is 0 Å². The summed E-state index contributed by atoms with van der Waals surface area (Å²) in [6.45, 7) is 2.13. The molecule has 0 spiro atoms. The molecule has 0 unspecified atom stereocenters. The van der Waals surface area contributed by atoms with Crippen LogP contribution in [0.4, 0.5) is 0 Å². The van der Waals surface area contributed by atoms with Gasteiger partial charge in [-0.05, 0) is 25.7 Å². The molecule has 0 saturated heterocycles. The predicted molar refractivity (Wildman–Crippen MR) is 45.1 cm³/mol. The standard InChI is InChI=1S/C9H16O/c1-2-3-4-5-6-7-8-9-10/h3-4,8-10H,2,5-7H2,1H3. The van der Waals surface area contributed by atoms with E-state index in [1.807, 2.05) is 0 Å². The van der Waals surface area contributed by atoms with E-state index in [9.17, 15) is 0 Å². The van der Waals surface area contributed by atoms with Crippen molar-refractivity contribution in [3.05, 3.63) is 24.5 Å². The quantitative estimate of drug-likeness (QED) is 0.353. The molecule has 10 heavy (non-hydrogen) atoms. The largest absolute Gasteiger partial charge is 0.516 e. The van der Waals surface area contributed by atoms with Gasteiger partial charge in [-0.3, -0.25) is 0 Å². The first-order valence-electron chi connectivity index (χ1n) is 3.86. The van der Waals surface area contributed by atoms with Crippen molar-refractivity contribution < 1.29 is 5.11 Å². The summed E-state index contributed by atoms with van der Waals surface area (Å²) in [6, 6.07) is 0. The molecule has 0 radical (unpaired) electrons. The Bertz CT molecular complexity index is 103. The summed E-state index contributed by atoms with van der Waals surface area (Å²) in [5, 5.41) is 8.27. The molecule has 0 amide bonds. The summed E-state index contributed by atoms with van der Waals surface area (Å²) >= 11 is 0. The third-order valence-electron chi connectivity index (χ3n) is 1.25. The second kappa shape index (κ2) is 8.28. The number of allylic oxidation sites excluding steroid dienone is 3. The molecule has 0 aromatic heterocycles. The van der Waals surface area contributed by atoms with Crippen molar-refractivity contribution >= 4 is 0 Å². The van der Waals surface area contributed by atoms with Crippen LogP contribution < -0.4 is 0 Å². The molecule has 0 aliphatic carbocycles. The minimum absolute atomic E-state index is 0.977. The van der Waals surface area contributed by atoms with Crippen LogP contribution >= 0.6 is 0 Å². The average Bonchev–Trinajstić information content (AvgIpc) is 1.97. The Morgan fingerprint density at radius 3 is 2.40 bits per heavy atom. The highest BCUT2D eigenvalue weighted by Crippen LogP contribution is 1.97. The van der Waals surface area contributed by atoms with Crippen molar-refractivity contribution in [1.29, 1.82) is 0 Å². The maximum absolute atomic E-state index is 8.27. The molecule has 0 atom stereocenters. The fourth-order valence-corrected chi connectivity index (χ4v) is 0.713. The summed E-state index contributed by atoms with van der Waals surface area (Å²) in [7, 11) is 0. The first kappa shape index (κ1) is 9.28. The molecule has 0 fully saturated rings. The number of aliphatic hydroxyl groups is 1. The Hall–Kier alpha value is -0.720. The molecular formula is C9H16O. The molecule has 1 nitrogen and oxygen atoms in total. The van der Waals surface area contributed by atoms with Crippen LogP contribution in [0.5, 0.6) is 0 Å². The highest BCUT2D eigenvalue weighted by Gasteiger charge is 1.78. The van der Waals surface area contributed by atoms with Gasteiger partial charge in [-0.1, -0.05) is 25.2 Å². The minimum Gasteiger partial charge on any atom is -0.516 e. The van der Waals surface area contributed by atoms with Gasteiger partial charge < -0.3 is 5.11 Å². The van der Waals surface area contributed by atoms with Gasteiger partial charge in [0.05, 0.1) is 6.26 Å². The normalized spacial score (nSPS) is 11.7. The molecule has 0 bridgehead atoms. The summed E-state index contributed by atoms with van der Waals surface area (Å²) < 4.78 is 0. The molecule has 58 valence electrons. The van der Waals surface area contributed by atoms with Gasteiger partial charge in [0.15, 0.2) is 0 Å². The van der Waals surface area contributed by atoms with Gasteiger partial charge in [0, 0.05) is 0 Å². The van der Waals surface area contributed by atoms with Crippen LogP contribution in [0.1, 0.15) is 32.6 Å². The van der Waals surface area contributed by atoms with Gasteiger partial charge in [-0.25, -0.2) is 0 Å². The topological polar surface area (TPSA) is 20.2 Å². The van der Waals surface area contributed by atoms with Crippen molar-refractivity contribution in [2.24, 2.45) is 0 Å². The SMILES string of the molecule is CCC=CCCCC=CO. The number of unbranched alkanes of at least 4 members (excludes halogenated alkanes) is 2. The predicted octanol–water partition coefficient (Wildman–Crippen LogP) is 3.19. The van der Waals surface area contributed by atoms with Gasteiger partial charge in [0.2, 0.25) is 0 Å². The lowest BCUT2D eigenvalue weighted by molar-refractivity contribution is 0.470. The fourth-order valence-electron chi connectivity index (χ4n) is 0.713. The zero-order valence-electron chi connectivity index (χ0n) is 6.59. The lowest BCUT2D eigenvalue weighted by atomic mass is 10.2. The molecule has 0 saturated carbocycles. The van der Waals surface area contributed by atoms with Crippen molar-refractivity contribution in [3.8, 4) is 0 Å². The van der Waals surface area contributed by atoms with E-state index >= 15 is 0 Å². The van der Waals surface area contributed by atoms with Crippen LogP contribution in [0, 0.1) is 0 Å². The van der Waals surface area contributed by atoms with Crippen LogP contribution in [0.3, 0.4) is 0 Å². The zero-order chi connectivity index (χ0) is 7.66. The number of aliphatic hydroxyl groups excluding tert-OH is 1. The Labute approximate surface area is 63.1 Å². The van der Waals surface area contributed by atoms with Crippen molar-refractivity contribution in [2.75, 3.05) is 0 Å². The summed E-state index contributed by atoms with van der Waals surface area (Å²) in [5.41, 5.74) is 0. The van der Waals surface area contributed by atoms with E-state index in [-0.39, 0.29) is 0 Å². The van der Waals surface area contributed by atoms with E-state index in [2.05, 4.69) is 19.1 Å². The third-order valence-corrected chi connectivity index (χ3v) is 1.25. The Kier molecular flexibility index (Phi) is 7.68. The van der Waals surface area contributed by atoms with Crippen LogP contribution in [-0.4, -0.2) is 5.11 Å². The third kappa shape index (κ3) is 7.28. The molecule has 0 rings (SSSR count). The molecular weight excluding hydrogens is 124 g/mol. The van der Waals surface area contributed by atoms with E-state index in [0.29, 0.717) is 0 Å². The van der Waals surface area contributed by atoms with Gasteiger partial charge in [0.1, 0.15) is 0 Å². The van der Waals surface area contributed by atoms with E-state index in [0.717, 1.165) is 31.9 Å². The molecule has 0 aromatic rings. The van der Waals surface area contributed by atoms with Gasteiger partial charge in [0.25, 0.3) is 0 Å². The zero-order valence-corrected chi connectivity index (χ0v) is 6.59. The Balaban J connectivity index is 2.97. The second-order valence-corrected chi connectivity index (χ2v) is 2.20. The Morgan fingerprint density at radius 1 is 1.10 bits per heavy atom. The number of hydrogen-bond donors (Lipinski definition) is 1. The molecule has 0 aliphatic rings. The molecule has 1 heteroatoms. The molecule has 1 N–H and O–H groups in total. The van der Waals surface area contributed by atoms with Crippen molar-refractivity contribution in [1.82, 2.24) is 0 Å². The van der Waals surface area contributed by atoms with Crippen LogP contribution in [0.25, 0.3) is 0 Å². The van der Waals surface area contributed by atoms with E-state index in [1.165, 1.54) is 0 Å². The summed E-state index contributed by atoms with van der Waals surface area (Å²) in [5.74, 6) is 0. The van der Waals surface area contributed by atoms with Gasteiger partial charge in [-0.2, -0.15) is 0 Å². The monoisotopic (exact) mass is 140 g/mol. The average molecular weight is 140 g/mol. The van der Waals surface area contributed by atoms with Gasteiger partial charge in [-0.15, -0.1) is 0 Å². The minimum atomic E-state index is 0.977. The van der Waals surface area contributed by atoms with Crippen LogP contribution in [0.2, 0.25) is 0 Å². The first-order valence-corrected chi connectivity index (χ1v) is 3.86. The highest BCUT2D eigenvalue weighted by atomic mass is 16.2. The molecule has 0 aromatic carbocycles. The fraction of sp³-hybridized carbons (Fsp3) is 0.556. The lowest BCUT2D eigenvalue weighted by Gasteiger charge is -1.87. The number of rotatable bonds is 5. The second-order valence-electron chi connectivity index (χ2n) is 2.20. The van der Waals surface area contributed by atoms with E-state index in [4.69, 9.17) is 5.11 Å². The van der Waals surface area contributed by atoms with Gasteiger partial charge >= 0.3 is 0 Å². The Morgan fingerprint density at radius 2 is 1.80 bits per heavy atom. The summed E-state index contributed by atoms with van der Waals surface area (Å²) in [6.07, 6.45) is 11.6. The van der Waals surface area contributed by atoms with Crippen molar-refractivity contribution in [2.45, 2.75) is 32.6 Å². The molecule has 0 aliphatic heterocycles. The first-order chi connectivity index (χ1) is 4.91. The lowest BCUT2D eigenvalue weighted by Crippen LogP contribution is -1.68. The van der Waals surface area contributed by atoms with E-state index in [1.54, 1.807) is 6.08 Å². The number of hydrogen-bond acceptors (Lipinski definition) is 1. The maximum atomic E-state index is 8.27. The van der Waals surface area contributed by atoms with E-state index < -0.39 is 0 Å². The smallest absolute Gasteiger partial charge is 0.0751 e. The maximum Gasteiger partial charge on any atom is 0.0751 e. The highest BCUT2D eigenvalue weighted by molar-refractivity contribution is 4.81. The van der Waals surface area contributed by atoms with Crippen molar-refractivity contribution in [3.63, 3.8) is 0 Å². The van der Waals surface area contributed by atoms with Crippen LogP contribution in [0.15, 0.2) is 24.5 Å².